The molecule has 0 saturated carbocycles. The van der Waals surface area contributed by atoms with Gasteiger partial charge in [-0.15, -0.1) is 0 Å². The molecule has 5 rings (SSSR count). The lowest BCUT2D eigenvalue weighted by Crippen LogP contribution is -2.16. The van der Waals surface area contributed by atoms with Crippen molar-refractivity contribution >= 4 is 40.3 Å². The van der Waals surface area contributed by atoms with E-state index >= 15 is 0 Å². The SMILES string of the molecule is Fc1cccc(CNc2ncc3nc(-c4c(Cl)cccc4Cl)n(CC4CCNC4)c3n2)c1. The van der Waals surface area contributed by atoms with Gasteiger partial charge in [-0.3, -0.25) is 0 Å². The van der Waals surface area contributed by atoms with E-state index in [0.29, 0.717) is 51.0 Å². The lowest BCUT2D eigenvalue weighted by Gasteiger charge is -2.15. The number of hydrogen-bond donors (Lipinski definition) is 2. The third kappa shape index (κ3) is 4.28. The number of benzene rings is 2. The van der Waals surface area contributed by atoms with Crippen molar-refractivity contribution in [1.82, 2.24) is 24.8 Å². The topological polar surface area (TPSA) is 67.7 Å². The van der Waals surface area contributed by atoms with Gasteiger partial charge in [0.2, 0.25) is 5.95 Å². The lowest BCUT2D eigenvalue weighted by atomic mass is 10.1. The Morgan fingerprint density at radius 2 is 1.94 bits per heavy atom. The molecular formula is C23H21Cl2FN6. The van der Waals surface area contributed by atoms with Crippen molar-refractivity contribution < 1.29 is 4.39 Å². The number of hydrogen-bond acceptors (Lipinski definition) is 5. The molecule has 1 unspecified atom stereocenters. The molecule has 1 atom stereocenters. The van der Waals surface area contributed by atoms with Gasteiger partial charge < -0.3 is 15.2 Å². The predicted octanol–water partition coefficient (Wildman–Crippen LogP) is 5.16. The van der Waals surface area contributed by atoms with Gasteiger partial charge in [0.25, 0.3) is 0 Å². The van der Waals surface area contributed by atoms with Crippen LogP contribution in [0.3, 0.4) is 0 Å². The van der Waals surface area contributed by atoms with Crippen LogP contribution in [0.4, 0.5) is 10.3 Å². The van der Waals surface area contributed by atoms with Crippen molar-refractivity contribution in [3.05, 3.63) is 70.1 Å². The van der Waals surface area contributed by atoms with E-state index in [2.05, 4.69) is 20.2 Å². The molecule has 0 bridgehead atoms. The fourth-order valence-electron chi connectivity index (χ4n) is 4.04. The first-order valence-corrected chi connectivity index (χ1v) is 11.2. The monoisotopic (exact) mass is 470 g/mol. The largest absolute Gasteiger partial charge is 0.350 e. The van der Waals surface area contributed by atoms with Gasteiger partial charge in [-0.2, -0.15) is 4.98 Å². The molecule has 0 radical (unpaired) electrons. The smallest absolute Gasteiger partial charge is 0.225 e. The fourth-order valence-corrected chi connectivity index (χ4v) is 4.60. The van der Waals surface area contributed by atoms with Gasteiger partial charge >= 0.3 is 0 Å². The summed E-state index contributed by atoms with van der Waals surface area (Å²) >= 11 is 13.0. The minimum Gasteiger partial charge on any atom is -0.350 e. The summed E-state index contributed by atoms with van der Waals surface area (Å²) in [6.45, 7) is 3.08. The van der Waals surface area contributed by atoms with Crippen molar-refractivity contribution in [2.75, 3.05) is 18.4 Å². The van der Waals surface area contributed by atoms with E-state index in [1.807, 2.05) is 12.1 Å². The standard InChI is InChI=1S/C23H21Cl2FN6/c24-17-5-2-6-18(25)20(17)22-30-19-12-29-23(28-11-14-3-1-4-16(26)9-14)31-21(19)32(22)13-15-7-8-27-10-15/h1-6,9,12,15,27H,7-8,10-11,13H2,(H,28,29,31). The summed E-state index contributed by atoms with van der Waals surface area (Å²) in [5, 5.41) is 7.66. The Balaban J connectivity index is 1.54. The van der Waals surface area contributed by atoms with E-state index < -0.39 is 0 Å². The summed E-state index contributed by atoms with van der Waals surface area (Å²) in [5.74, 6) is 1.31. The van der Waals surface area contributed by atoms with Crippen molar-refractivity contribution in [3.63, 3.8) is 0 Å². The van der Waals surface area contributed by atoms with E-state index in [-0.39, 0.29) is 5.82 Å². The molecule has 3 heterocycles. The number of imidazole rings is 1. The van der Waals surface area contributed by atoms with E-state index in [0.717, 1.165) is 31.6 Å². The van der Waals surface area contributed by atoms with Crippen molar-refractivity contribution in [2.45, 2.75) is 19.5 Å². The third-order valence-corrected chi connectivity index (χ3v) is 6.25. The number of nitrogens with zero attached hydrogens (tertiary/aromatic N) is 4. The summed E-state index contributed by atoms with van der Waals surface area (Å²) in [6, 6.07) is 11.9. The van der Waals surface area contributed by atoms with Crippen LogP contribution in [0, 0.1) is 11.7 Å². The highest BCUT2D eigenvalue weighted by Gasteiger charge is 2.23. The number of rotatable bonds is 6. The zero-order chi connectivity index (χ0) is 22.1. The van der Waals surface area contributed by atoms with Crippen LogP contribution in [0.25, 0.3) is 22.6 Å². The summed E-state index contributed by atoms with van der Waals surface area (Å²) in [5.41, 5.74) is 2.87. The second kappa shape index (κ2) is 9.02. The predicted molar refractivity (Wildman–Crippen MR) is 125 cm³/mol. The van der Waals surface area contributed by atoms with Crippen LogP contribution in [0.15, 0.2) is 48.7 Å². The van der Waals surface area contributed by atoms with E-state index in [1.54, 1.807) is 24.4 Å². The van der Waals surface area contributed by atoms with E-state index in [4.69, 9.17) is 33.2 Å². The van der Waals surface area contributed by atoms with Crippen LogP contribution in [0.2, 0.25) is 10.0 Å². The number of fused-ring (bicyclic) bond motifs is 1. The molecular weight excluding hydrogens is 450 g/mol. The van der Waals surface area contributed by atoms with Gasteiger partial charge in [0.05, 0.1) is 21.8 Å². The number of halogens is 3. The molecule has 1 fully saturated rings. The molecule has 2 aromatic heterocycles. The zero-order valence-electron chi connectivity index (χ0n) is 17.2. The van der Waals surface area contributed by atoms with Gasteiger partial charge in [-0.25, -0.2) is 14.4 Å². The summed E-state index contributed by atoms with van der Waals surface area (Å²) in [6.07, 6.45) is 2.76. The quantitative estimate of drug-likeness (QED) is 0.407. The molecule has 1 saturated heterocycles. The molecule has 4 aromatic rings. The summed E-state index contributed by atoms with van der Waals surface area (Å²) < 4.78 is 15.6. The minimum absolute atomic E-state index is 0.273. The van der Waals surface area contributed by atoms with Gasteiger partial charge in [-0.1, -0.05) is 41.4 Å². The van der Waals surface area contributed by atoms with Crippen molar-refractivity contribution in [3.8, 4) is 11.4 Å². The Hall–Kier alpha value is -2.74. The second-order valence-corrected chi connectivity index (χ2v) is 8.70. The molecule has 2 aromatic carbocycles. The highest BCUT2D eigenvalue weighted by atomic mass is 35.5. The van der Waals surface area contributed by atoms with Crippen LogP contribution in [-0.4, -0.2) is 32.6 Å². The normalized spacial score (nSPS) is 16.0. The van der Waals surface area contributed by atoms with Crippen LogP contribution < -0.4 is 10.6 Å². The summed E-state index contributed by atoms with van der Waals surface area (Å²) in [7, 11) is 0. The molecule has 6 nitrogen and oxygen atoms in total. The maximum Gasteiger partial charge on any atom is 0.225 e. The maximum atomic E-state index is 13.5. The van der Waals surface area contributed by atoms with Crippen molar-refractivity contribution in [2.24, 2.45) is 5.92 Å². The third-order valence-electron chi connectivity index (χ3n) is 5.62. The van der Waals surface area contributed by atoms with Gasteiger partial charge in [0.1, 0.15) is 17.2 Å². The van der Waals surface area contributed by atoms with Gasteiger partial charge in [0, 0.05) is 13.1 Å². The Bertz CT molecular complexity index is 1250. The maximum absolute atomic E-state index is 13.5. The summed E-state index contributed by atoms with van der Waals surface area (Å²) in [4.78, 5) is 13.9. The Morgan fingerprint density at radius 3 is 2.69 bits per heavy atom. The van der Waals surface area contributed by atoms with Crippen LogP contribution >= 0.6 is 23.2 Å². The van der Waals surface area contributed by atoms with E-state index in [9.17, 15) is 4.39 Å². The fraction of sp³-hybridized carbons (Fsp3) is 0.261. The minimum atomic E-state index is -0.273. The molecule has 0 aliphatic carbocycles. The molecule has 2 N–H and O–H groups in total. The average Bonchev–Trinajstić information content (AvgIpc) is 3.41. The van der Waals surface area contributed by atoms with Crippen molar-refractivity contribution in [1.29, 1.82) is 0 Å². The number of nitrogens with one attached hydrogen (secondary N) is 2. The Labute approximate surface area is 194 Å². The first kappa shape index (κ1) is 21.1. The molecule has 1 aliphatic rings. The highest BCUT2D eigenvalue weighted by molar-refractivity contribution is 6.39. The average molecular weight is 471 g/mol. The molecule has 1 aliphatic heterocycles. The van der Waals surface area contributed by atoms with Crippen LogP contribution in [-0.2, 0) is 13.1 Å². The first-order valence-electron chi connectivity index (χ1n) is 10.4. The van der Waals surface area contributed by atoms with Crippen LogP contribution in [0.5, 0.6) is 0 Å². The van der Waals surface area contributed by atoms with Gasteiger partial charge in [-0.05, 0) is 55.3 Å². The molecule has 32 heavy (non-hydrogen) atoms. The molecule has 164 valence electrons. The Morgan fingerprint density at radius 1 is 1.12 bits per heavy atom. The lowest BCUT2D eigenvalue weighted by molar-refractivity contribution is 0.490. The van der Waals surface area contributed by atoms with Gasteiger partial charge in [0.15, 0.2) is 5.65 Å². The molecule has 0 spiro atoms. The van der Waals surface area contributed by atoms with E-state index in [1.165, 1.54) is 12.1 Å². The number of aromatic nitrogens is 4. The zero-order valence-corrected chi connectivity index (χ0v) is 18.7. The first-order chi connectivity index (χ1) is 15.6. The Kier molecular flexibility index (Phi) is 5.95. The second-order valence-electron chi connectivity index (χ2n) is 7.89. The molecule has 9 heteroatoms. The van der Waals surface area contributed by atoms with Crippen LogP contribution in [0.1, 0.15) is 12.0 Å². The molecule has 0 amide bonds. The number of anilines is 1. The highest BCUT2D eigenvalue weighted by Crippen LogP contribution is 2.36.